The summed E-state index contributed by atoms with van der Waals surface area (Å²) in [5.74, 6) is 0.819. The number of ether oxygens (including phenoxy) is 1. The molecule has 0 spiro atoms. The van der Waals surface area contributed by atoms with Gasteiger partial charge in [-0.2, -0.15) is 0 Å². The topological polar surface area (TPSA) is 84.6 Å². The minimum atomic E-state index is -0.786. The SMILES string of the molecule is COc1ccc(C(=O)NCC2(O)CCCC(C)C2)cc1N. The Labute approximate surface area is 125 Å². The highest BCUT2D eigenvalue weighted by molar-refractivity contribution is 5.95. The van der Waals surface area contributed by atoms with E-state index in [1.807, 2.05) is 0 Å². The van der Waals surface area contributed by atoms with Gasteiger partial charge in [-0.1, -0.05) is 19.8 Å². The molecule has 1 fully saturated rings. The highest BCUT2D eigenvalue weighted by Gasteiger charge is 2.32. The van der Waals surface area contributed by atoms with Crippen LogP contribution in [-0.4, -0.2) is 30.3 Å². The van der Waals surface area contributed by atoms with E-state index in [9.17, 15) is 9.90 Å². The number of carbonyl (C=O) groups is 1. The Balaban J connectivity index is 1.97. The molecule has 1 aliphatic rings. The maximum Gasteiger partial charge on any atom is 0.251 e. The van der Waals surface area contributed by atoms with Crippen LogP contribution < -0.4 is 15.8 Å². The molecular formula is C16H24N2O3. The summed E-state index contributed by atoms with van der Waals surface area (Å²) in [6.45, 7) is 2.41. The van der Waals surface area contributed by atoms with Gasteiger partial charge in [0.2, 0.25) is 0 Å². The number of carbonyl (C=O) groups excluding carboxylic acids is 1. The van der Waals surface area contributed by atoms with Crippen molar-refractivity contribution >= 4 is 11.6 Å². The zero-order valence-electron chi connectivity index (χ0n) is 12.7. The Kier molecular flexibility index (Phi) is 4.73. The molecule has 2 rings (SSSR count). The van der Waals surface area contributed by atoms with Crippen LogP contribution in [0.25, 0.3) is 0 Å². The molecule has 0 heterocycles. The number of hydrogen-bond acceptors (Lipinski definition) is 4. The molecule has 0 saturated heterocycles. The van der Waals surface area contributed by atoms with E-state index in [4.69, 9.17) is 10.5 Å². The highest BCUT2D eigenvalue weighted by Crippen LogP contribution is 2.31. The molecule has 0 aliphatic heterocycles. The van der Waals surface area contributed by atoms with E-state index in [0.29, 0.717) is 22.9 Å². The fourth-order valence-electron chi connectivity index (χ4n) is 3.02. The highest BCUT2D eigenvalue weighted by atomic mass is 16.5. The molecule has 1 aliphatic carbocycles. The number of rotatable bonds is 4. The lowest BCUT2D eigenvalue weighted by Crippen LogP contribution is -2.45. The average Bonchev–Trinajstić information content (AvgIpc) is 2.44. The number of nitrogen functional groups attached to an aromatic ring is 1. The van der Waals surface area contributed by atoms with Crippen LogP contribution in [0.2, 0.25) is 0 Å². The Morgan fingerprint density at radius 3 is 2.95 bits per heavy atom. The van der Waals surface area contributed by atoms with Gasteiger partial charge in [0.25, 0.3) is 5.91 Å². The Morgan fingerprint density at radius 1 is 1.57 bits per heavy atom. The molecule has 0 aromatic heterocycles. The monoisotopic (exact) mass is 292 g/mol. The molecular weight excluding hydrogens is 268 g/mol. The van der Waals surface area contributed by atoms with Crippen molar-refractivity contribution in [3.63, 3.8) is 0 Å². The first-order valence-electron chi connectivity index (χ1n) is 7.37. The van der Waals surface area contributed by atoms with E-state index in [0.717, 1.165) is 25.7 Å². The summed E-state index contributed by atoms with van der Waals surface area (Å²) in [5, 5.41) is 13.3. The van der Waals surface area contributed by atoms with Gasteiger partial charge in [0.1, 0.15) is 5.75 Å². The third-order valence-electron chi connectivity index (χ3n) is 4.14. The second-order valence-electron chi connectivity index (χ2n) is 6.07. The van der Waals surface area contributed by atoms with Crippen molar-refractivity contribution in [2.24, 2.45) is 5.92 Å². The zero-order chi connectivity index (χ0) is 15.5. The van der Waals surface area contributed by atoms with Crippen LogP contribution in [0, 0.1) is 5.92 Å². The zero-order valence-corrected chi connectivity index (χ0v) is 12.7. The van der Waals surface area contributed by atoms with E-state index >= 15 is 0 Å². The molecule has 5 nitrogen and oxygen atoms in total. The Hall–Kier alpha value is -1.75. The molecule has 0 radical (unpaired) electrons. The van der Waals surface area contributed by atoms with Gasteiger partial charge in [-0.05, 0) is 37.0 Å². The number of nitrogens with one attached hydrogen (secondary N) is 1. The lowest BCUT2D eigenvalue weighted by atomic mass is 9.79. The second-order valence-corrected chi connectivity index (χ2v) is 6.07. The van der Waals surface area contributed by atoms with Gasteiger partial charge >= 0.3 is 0 Å². The van der Waals surface area contributed by atoms with E-state index in [1.54, 1.807) is 18.2 Å². The molecule has 1 aromatic rings. The second kappa shape index (κ2) is 6.35. The molecule has 1 saturated carbocycles. The number of benzene rings is 1. The van der Waals surface area contributed by atoms with E-state index in [1.165, 1.54) is 7.11 Å². The van der Waals surface area contributed by atoms with Gasteiger partial charge < -0.3 is 20.9 Å². The van der Waals surface area contributed by atoms with Crippen molar-refractivity contribution in [1.29, 1.82) is 0 Å². The fourth-order valence-corrected chi connectivity index (χ4v) is 3.02. The summed E-state index contributed by atoms with van der Waals surface area (Å²) < 4.78 is 5.07. The average molecular weight is 292 g/mol. The van der Waals surface area contributed by atoms with Crippen molar-refractivity contribution in [2.45, 2.75) is 38.2 Å². The van der Waals surface area contributed by atoms with E-state index in [-0.39, 0.29) is 12.5 Å². The summed E-state index contributed by atoms with van der Waals surface area (Å²) >= 11 is 0. The van der Waals surface area contributed by atoms with Crippen molar-refractivity contribution in [2.75, 3.05) is 19.4 Å². The minimum Gasteiger partial charge on any atom is -0.495 e. The predicted octanol–water partition coefficient (Wildman–Crippen LogP) is 1.95. The fraction of sp³-hybridized carbons (Fsp3) is 0.562. The molecule has 21 heavy (non-hydrogen) atoms. The van der Waals surface area contributed by atoms with Crippen LogP contribution in [0.3, 0.4) is 0 Å². The number of amides is 1. The van der Waals surface area contributed by atoms with E-state index < -0.39 is 5.60 Å². The number of anilines is 1. The number of methoxy groups -OCH3 is 1. The van der Waals surface area contributed by atoms with Crippen molar-refractivity contribution in [1.82, 2.24) is 5.32 Å². The van der Waals surface area contributed by atoms with Crippen molar-refractivity contribution < 1.29 is 14.6 Å². The molecule has 0 bridgehead atoms. The first-order valence-corrected chi connectivity index (χ1v) is 7.37. The Morgan fingerprint density at radius 2 is 2.33 bits per heavy atom. The molecule has 2 atom stereocenters. The van der Waals surface area contributed by atoms with Crippen LogP contribution in [-0.2, 0) is 0 Å². The van der Waals surface area contributed by atoms with Gasteiger partial charge in [0.05, 0.1) is 18.4 Å². The third-order valence-corrected chi connectivity index (χ3v) is 4.14. The molecule has 4 N–H and O–H groups in total. The maximum absolute atomic E-state index is 12.1. The van der Waals surface area contributed by atoms with Crippen LogP contribution in [0.4, 0.5) is 5.69 Å². The van der Waals surface area contributed by atoms with Crippen LogP contribution in [0.1, 0.15) is 43.0 Å². The standard InChI is InChI=1S/C16H24N2O3/c1-11-4-3-7-16(20,9-11)10-18-15(19)12-5-6-14(21-2)13(17)8-12/h5-6,8,11,20H,3-4,7,9-10,17H2,1-2H3,(H,18,19). The summed E-state index contributed by atoms with van der Waals surface area (Å²) in [7, 11) is 1.53. The quantitative estimate of drug-likeness (QED) is 0.741. The van der Waals surface area contributed by atoms with E-state index in [2.05, 4.69) is 12.2 Å². The van der Waals surface area contributed by atoms with Crippen molar-refractivity contribution in [3.8, 4) is 5.75 Å². The molecule has 1 amide bonds. The molecule has 1 aromatic carbocycles. The van der Waals surface area contributed by atoms with Crippen LogP contribution in [0.15, 0.2) is 18.2 Å². The number of nitrogens with two attached hydrogens (primary N) is 1. The van der Waals surface area contributed by atoms with Crippen LogP contribution >= 0.6 is 0 Å². The molecule has 2 unspecified atom stereocenters. The van der Waals surface area contributed by atoms with Crippen molar-refractivity contribution in [3.05, 3.63) is 23.8 Å². The predicted molar refractivity (Wildman–Crippen MR) is 82.3 cm³/mol. The summed E-state index contributed by atoms with van der Waals surface area (Å²) in [6.07, 6.45) is 3.62. The van der Waals surface area contributed by atoms with Gasteiger partial charge in [0.15, 0.2) is 0 Å². The first kappa shape index (κ1) is 15.6. The minimum absolute atomic E-state index is 0.226. The lowest BCUT2D eigenvalue weighted by molar-refractivity contribution is -0.0109. The number of aliphatic hydroxyl groups is 1. The normalized spacial score (nSPS) is 25.4. The van der Waals surface area contributed by atoms with Gasteiger partial charge in [-0.15, -0.1) is 0 Å². The molecule has 116 valence electrons. The van der Waals surface area contributed by atoms with Gasteiger partial charge in [-0.3, -0.25) is 4.79 Å². The smallest absolute Gasteiger partial charge is 0.251 e. The summed E-state index contributed by atoms with van der Waals surface area (Å²) in [4.78, 5) is 12.1. The lowest BCUT2D eigenvalue weighted by Gasteiger charge is -2.35. The van der Waals surface area contributed by atoms with Crippen LogP contribution in [0.5, 0.6) is 5.75 Å². The first-order chi connectivity index (χ1) is 9.93. The van der Waals surface area contributed by atoms with Gasteiger partial charge in [-0.25, -0.2) is 0 Å². The summed E-state index contributed by atoms with van der Waals surface area (Å²) in [5.41, 5.74) is 5.91. The third kappa shape index (κ3) is 3.88. The largest absolute Gasteiger partial charge is 0.495 e. The number of hydrogen-bond donors (Lipinski definition) is 3. The van der Waals surface area contributed by atoms with Gasteiger partial charge in [0, 0.05) is 12.1 Å². The summed E-state index contributed by atoms with van der Waals surface area (Å²) in [6, 6.07) is 4.92. The molecule has 5 heteroatoms. The Bertz CT molecular complexity index is 518. The maximum atomic E-state index is 12.1.